The Kier molecular flexibility index (Phi) is 4.87. The van der Waals surface area contributed by atoms with Crippen LogP contribution < -0.4 is 14.8 Å². The van der Waals surface area contributed by atoms with Gasteiger partial charge in [-0.3, -0.25) is 9.59 Å². The molecular formula is C23H19N3O6S2. The highest BCUT2D eigenvalue weighted by atomic mass is 32.2. The zero-order chi connectivity index (χ0) is 23.4. The molecule has 9 nitrogen and oxygen atoms in total. The predicted octanol–water partition coefficient (Wildman–Crippen LogP) is 2.61. The Balaban J connectivity index is 1.31. The van der Waals surface area contributed by atoms with Gasteiger partial charge in [0.15, 0.2) is 11.5 Å². The predicted molar refractivity (Wildman–Crippen MR) is 125 cm³/mol. The van der Waals surface area contributed by atoms with Gasteiger partial charge in [-0.2, -0.15) is 4.31 Å². The topological polar surface area (TPSA) is 105 Å². The molecule has 11 heteroatoms. The summed E-state index contributed by atoms with van der Waals surface area (Å²) in [5.74, 6) is 0.582. The molecular weight excluding hydrogens is 478 g/mol. The van der Waals surface area contributed by atoms with E-state index in [1.165, 1.54) is 15.3 Å². The van der Waals surface area contributed by atoms with Crippen LogP contribution in [0.1, 0.15) is 10.4 Å². The van der Waals surface area contributed by atoms with E-state index < -0.39 is 22.0 Å². The number of rotatable bonds is 3. The molecule has 34 heavy (non-hydrogen) atoms. The van der Waals surface area contributed by atoms with Gasteiger partial charge in [0.25, 0.3) is 15.9 Å². The average Bonchev–Trinajstić information content (AvgIpc) is 3.54. The Labute approximate surface area is 199 Å². The van der Waals surface area contributed by atoms with Crippen LogP contribution in [0.5, 0.6) is 11.5 Å². The Morgan fingerprint density at radius 3 is 2.59 bits per heavy atom. The van der Waals surface area contributed by atoms with Crippen LogP contribution in [0.3, 0.4) is 0 Å². The largest absolute Gasteiger partial charge is 0.454 e. The van der Waals surface area contributed by atoms with Gasteiger partial charge in [-0.05, 0) is 46.8 Å². The first-order valence-corrected chi connectivity index (χ1v) is 12.9. The summed E-state index contributed by atoms with van der Waals surface area (Å²) in [5.41, 5.74) is 2.40. The molecule has 0 bridgehead atoms. The summed E-state index contributed by atoms with van der Waals surface area (Å²) in [4.78, 5) is 28.0. The number of carbonyl (C=O) groups is 2. The van der Waals surface area contributed by atoms with Gasteiger partial charge in [-0.25, -0.2) is 8.42 Å². The van der Waals surface area contributed by atoms with E-state index in [4.69, 9.17) is 9.47 Å². The van der Waals surface area contributed by atoms with Gasteiger partial charge in [0.1, 0.15) is 10.3 Å². The van der Waals surface area contributed by atoms with Crippen LogP contribution in [-0.2, 0) is 14.8 Å². The molecule has 3 aliphatic rings. The molecule has 1 fully saturated rings. The molecule has 0 radical (unpaired) electrons. The molecule has 1 saturated heterocycles. The van der Waals surface area contributed by atoms with Gasteiger partial charge in [0.2, 0.25) is 12.7 Å². The minimum atomic E-state index is -3.73. The number of amides is 2. The SMILES string of the molecule is O=C1Nc2ccc(-c3ccc4c(c3)OCO4)cc2C(=O)N2CCN(S(=O)(=O)c3cccs3)CC12. The number of fused-ring (bicyclic) bond motifs is 3. The van der Waals surface area contributed by atoms with Crippen LogP contribution in [0.4, 0.5) is 5.69 Å². The van der Waals surface area contributed by atoms with Crippen molar-refractivity contribution in [1.29, 1.82) is 0 Å². The third kappa shape index (κ3) is 3.35. The molecule has 3 aromatic rings. The molecule has 1 N–H and O–H groups in total. The standard InChI is InChI=1S/C23H19N3O6S2/c27-22-18-12-25(34(29,30)21-2-1-9-33-21)7-8-26(18)23(28)16-10-14(3-5-17(16)24-22)15-4-6-19-20(11-15)32-13-31-19/h1-6,9-11,18H,7-8,12-13H2,(H,24,27). The number of nitrogens with zero attached hydrogens (tertiary/aromatic N) is 2. The van der Waals surface area contributed by atoms with E-state index in [2.05, 4.69) is 5.32 Å². The summed E-state index contributed by atoms with van der Waals surface area (Å²) in [5, 5.41) is 4.51. The maximum Gasteiger partial charge on any atom is 0.256 e. The first kappa shape index (κ1) is 21.1. The molecule has 0 aliphatic carbocycles. The van der Waals surface area contributed by atoms with Crippen LogP contribution >= 0.6 is 11.3 Å². The number of benzene rings is 2. The minimum absolute atomic E-state index is 0.0964. The monoisotopic (exact) mass is 497 g/mol. The van der Waals surface area contributed by atoms with Crippen molar-refractivity contribution >= 4 is 38.9 Å². The highest BCUT2D eigenvalue weighted by Crippen LogP contribution is 2.37. The summed E-state index contributed by atoms with van der Waals surface area (Å²) in [6.45, 7) is 0.312. The minimum Gasteiger partial charge on any atom is -0.454 e. The molecule has 1 atom stereocenters. The van der Waals surface area contributed by atoms with Crippen LogP contribution in [0.15, 0.2) is 58.1 Å². The maximum absolute atomic E-state index is 13.5. The lowest BCUT2D eigenvalue weighted by Crippen LogP contribution is -2.59. The average molecular weight is 498 g/mol. The van der Waals surface area contributed by atoms with Crippen LogP contribution in [0.2, 0.25) is 0 Å². The van der Waals surface area contributed by atoms with Gasteiger partial charge in [0, 0.05) is 19.6 Å². The quantitative estimate of drug-likeness (QED) is 0.597. The van der Waals surface area contributed by atoms with Crippen molar-refractivity contribution in [2.24, 2.45) is 0 Å². The summed E-state index contributed by atoms with van der Waals surface area (Å²) < 4.78 is 38.3. The van der Waals surface area contributed by atoms with Crippen LogP contribution in [0, 0.1) is 0 Å². The number of thiophene rings is 1. The fourth-order valence-electron chi connectivity index (χ4n) is 4.44. The van der Waals surface area contributed by atoms with Crippen molar-refractivity contribution in [3.05, 3.63) is 59.5 Å². The molecule has 174 valence electrons. The second-order valence-electron chi connectivity index (χ2n) is 8.13. The molecule has 2 amide bonds. The fourth-order valence-corrected chi connectivity index (χ4v) is 7.02. The van der Waals surface area contributed by atoms with Crippen molar-refractivity contribution in [2.45, 2.75) is 10.3 Å². The van der Waals surface area contributed by atoms with E-state index in [9.17, 15) is 18.0 Å². The van der Waals surface area contributed by atoms with E-state index in [1.54, 1.807) is 23.6 Å². The summed E-state index contributed by atoms with van der Waals surface area (Å²) in [6, 6.07) is 13.1. The van der Waals surface area contributed by atoms with Gasteiger partial charge >= 0.3 is 0 Å². The van der Waals surface area contributed by atoms with Gasteiger partial charge in [0.05, 0.1) is 11.3 Å². The van der Waals surface area contributed by atoms with Gasteiger partial charge < -0.3 is 19.7 Å². The third-order valence-electron chi connectivity index (χ3n) is 6.21. The molecule has 6 rings (SSSR count). The normalized spacial score (nSPS) is 19.9. The Bertz CT molecular complexity index is 1420. The summed E-state index contributed by atoms with van der Waals surface area (Å²) in [6.07, 6.45) is 0. The zero-order valence-corrected chi connectivity index (χ0v) is 19.4. The van der Waals surface area contributed by atoms with E-state index in [1.807, 2.05) is 24.3 Å². The van der Waals surface area contributed by atoms with Crippen molar-refractivity contribution in [3.63, 3.8) is 0 Å². The molecule has 4 heterocycles. The third-order valence-corrected chi connectivity index (χ3v) is 9.45. The number of hydrogen-bond donors (Lipinski definition) is 1. The number of hydrogen-bond acceptors (Lipinski definition) is 7. The lowest BCUT2D eigenvalue weighted by atomic mass is 10.0. The molecule has 2 aromatic carbocycles. The number of anilines is 1. The Morgan fingerprint density at radius 1 is 0.971 bits per heavy atom. The summed E-state index contributed by atoms with van der Waals surface area (Å²) >= 11 is 1.13. The van der Waals surface area contributed by atoms with Crippen LogP contribution in [0.25, 0.3) is 11.1 Å². The number of piperazine rings is 1. The van der Waals surface area contributed by atoms with Crippen molar-refractivity contribution < 1.29 is 27.5 Å². The van der Waals surface area contributed by atoms with Crippen LogP contribution in [-0.4, -0.2) is 61.9 Å². The number of carbonyl (C=O) groups excluding carboxylic acids is 2. The Morgan fingerprint density at radius 2 is 1.76 bits per heavy atom. The number of nitrogens with one attached hydrogen (secondary N) is 1. The second kappa shape index (κ2) is 7.83. The van der Waals surface area contributed by atoms with Crippen molar-refractivity contribution in [2.75, 3.05) is 31.7 Å². The van der Waals surface area contributed by atoms with E-state index >= 15 is 0 Å². The molecule has 1 unspecified atom stereocenters. The van der Waals surface area contributed by atoms with E-state index in [0.29, 0.717) is 22.7 Å². The highest BCUT2D eigenvalue weighted by molar-refractivity contribution is 7.91. The number of ether oxygens (including phenoxy) is 2. The second-order valence-corrected chi connectivity index (χ2v) is 11.2. The van der Waals surface area contributed by atoms with E-state index in [0.717, 1.165) is 22.5 Å². The highest BCUT2D eigenvalue weighted by Gasteiger charge is 2.42. The lowest BCUT2D eigenvalue weighted by molar-refractivity contribution is -0.121. The molecule has 3 aliphatic heterocycles. The number of sulfonamides is 1. The van der Waals surface area contributed by atoms with Crippen molar-refractivity contribution in [3.8, 4) is 22.6 Å². The van der Waals surface area contributed by atoms with Gasteiger partial charge in [-0.15, -0.1) is 11.3 Å². The summed E-state index contributed by atoms with van der Waals surface area (Å²) in [7, 11) is -3.73. The van der Waals surface area contributed by atoms with Crippen molar-refractivity contribution in [1.82, 2.24) is 9.21 Å². The van der Waals surface area contributed by atoms with E-state index in [-0.39, 0.29) is 36.5 Å². The maximum atomic E-state index is 13.5. The first-order chi connectivity index (χ1) is 16.4. The molecule has 0 saturated carbocycles. The fraction of sp³-hybridized carbons (Fsp3) is 0.217. The van der Waals surface area contributed by atoms with Gasteiger partial charge in [-0.1, -0.05) is 18.2 Å². The first-order valence-electron chi connectivity index (χ1n) is 10.6. The Hall–Kier alpha value is -3.41. The molecule has 1 aromatic heterocycles. The zero-order valence-electron chi connectivity index (χ0n) is 17.8. The lowest BCUT2D eigenvalue weighted by Gasteiger charge is -2.38. The molecule has 0 spiro atoms. The smallest absolute Gasteiger partial charge is 0.256 e.